The Morgan fingerprint density at radius 2 is 2.27 bits per heavy atom. The predicted molar refractivity (Wildman–Crippen MR) is 50.5 cm³/mol. The van der Waals surface area contributed by atoms with Gasteiger partial charge in [0.25, 0.3) is 0 Å². The van der Waals surface area contributed by atoms with Crippen LogP contribution in [0.3, 0.4) is 0 Å². The molecule has 11 heavy (non-hydrogen) atoms. The third-order valence-electron chi connectivity index (χ3n) is 1.58. The molecule has 0 saturated carbocycles. The number of hydrogen-bond donors (Lipinski definition) is 2. The number of nitrogens with two attached hydrogens (primary N) is 1. The summed E-state index contributed by atoms with van der Waals surface area (Å²) in [5, 5.41) is 3.00. The molecule has 0 aliphatic heterocycles. The van der Waals surface area contributed by atoms with Gasteiger partial charge in [-0.3, -0.25) is 0 Å². The topological polar surface area (TPSA) is 38.0 Å². The van der Waals surface area contributed by atoms with Gasteiger partial charge >= 0.3 is 0 Å². The first-order chi connectivity index (χ1) is 5.27. The van der Waals surface area contributed by atoms with Crippen LogP contribution in [-0.4, -0.2) is 7.05 Å². The van der Waals surface area contributed by atoms with Crippen molar-refractivity contribution in [3.05, 3.63) is 30.3 Å². The Bertz CT molecular complexity index is 266. The first kappa shape index (κ1) is 7.66. The highest BCUT2D eigenvalue weighted by Crippen LogP contribution is 2.19. The summed E-state index contributed by atoms with van der Waals surface area (Å²) in [7, 11) is 1.85. The zero-order valence-electron chi connectivity index (χ0n) is 6.59. The molecule has 0 bridgehead atoms. The van der Waals surface area contributed by atoms with Gasteiger partial charge in [-0.1, -0.05) is 18.7 Å². The van der Waals surface area contributed by atoms with Crippen LogP contribution in [0.2, 0.25) is 0 Å². The molecular formula is C9H12N2. The number of nitrogens with one attached hydrogen (secondary N) is 1. The standard InChI is InChI=1S/C9H12N2/c1-3-7-4-5-8(10)9(6-7)11-2/h3-6,11H,1,10H2,2H3. The van der Waals surface area contributed by atoms with Crippen molar-refractivity contribution in [2.45, 2.75) is 0 Å². The van der Waals surface area contributed by atoms with E-state index in [1.165, 1.54) is 0 Å². The molecule has 0 fully saturated rings. The molecule has 2 heteroatoms. The fourth-order valence-electron chi connectivity index (χ4n) is 0.917. The van der Waals surface area contributed by atoms with E-state index in [0.29, 0.717) is 0 Å². The molecule has 0 amide bonds. The van der Waals surface area contributed by atoms with Gasteiger partial charge in [-0.05, 0) is 17.7 Å². The van der Waals surface area contributed by atoms with Crippen LogP contribution < -0.4 is 11.1 Å². The van der Waals surface area contributed by atoms with Gasteiger partial charge < -0.3 is 11.1 Å². The second-order valence-corrected chi connectivity index (χ2v) is 2.30. The van der Waals surface area contributed by atoms with Crippen molar-refractivity contribution in [2.24, 2.45) is 0 Å². The summed E-state index contributed by atoms with van der Waals surface area (Å²) in [6.45, 7) is 3.67. The minimum atomic E-state index is 0.762. The summed E-state index contributed by atoms with van der Waals surface area (Å²) in [6, 6.07) is 5.76. The highest BCUT2D eigenvalue weighted by atomic mass is 14.8. The Morgan fingerprint density at radius 1 is 1.55 bits per heavy atom. The Balaban J connectivity index is 3.12. The SMILES string of the molecule is C=Cc1ccc(N)c(NC)c1. The molecule has 1 rings (SSSR count). The van der Waals surface area contributed by atoms with Gasteiger partial charge in [0.05, 0.1) is 11.4 Å². The van der Waals surface area contributed by atoms with Crippen LogP contribution in [0.25, 0.3) is 6.08 Å². The van der Waals surface area contributed by atoms with Crippen molar-refractivity contribution in [3.8, 4) is 0 Å². The molecule has 58 valence electrons. The largest absolute Gasteiger partial charge is 0.397 e. The maximum atomic E-state index is 5.66. The Labute approximate surface area is 66.7 Å². The lowest BCUT2D eigenvalue weighted by Gasteiger charge is -2.04. The Morgan fingerprint density at radius 3 is 2.82 bits per heavy atom. The first-order valence-corrected chi connectivity index (χ1v) is 3.47. The average Bonchev–Trinajstić information content (AvgIpc) is 2.05. The number of hydrogen-bond acceptors (Lipinski definition) is 2. The lowest BCUT2D eigenvalue weighted by atomic mass is 10.2. The van der Waals surface area contributed by atoms with E-state index in [0.717, 1.165) is 16.9 Å². The van der Waals surface area contributed by atoms with Crippen LogP contribution in [-0.2, 0) is 0 Å². The minimum absolute atomic E-state index is 0.762. The molecule has 2 nitrogen and oxygen atoms in total. The molecule has 0 atom stereocenters. The zero-order valence-corrected chi connectivity index (χ0v) is 6.59. The van der Waals surface area contributed by atoms with E-state index >= 15 is 0 Å². The fraction of sp³-hybridized carbons (Fsp3) is 0.111. The van der Waals surface area contributed by atoms with Crippen molar-refractivity contribution >= 4 is 17.5 Å². The van der Waals surface area contributed by atoms with Gasteiger partial charge in [-0.15, -0.1) is 0 Å². The highest BCUT2D eigenvalue weighted by molar-refractivity contribution is 5.70. The van der Waals surface area contributed by atoms with Gasteiger partial charge in [-0.25, -0.2) is 0 Å². The molecule has 0 spiro atoms. The van der Waals surface area contributed by atoms with E-state index in [1.807, 2.05) is 25.2 Å². The summed E-state index contributed by atoms with van der Waals surface area (Å²) >= 11 is 0. The van der Waals surface area contributed by atoms with Crippen LogP contribution >= 0.6 is 0 Å². The summed E-state index contributed by atoms with van der Waals surface area (Å²) < 4.78 is 0. The van der Waals surface area contributed by atoms with Crippen molar-refractivity contribution in [1.29, 1.82) is 0 Å². The number of anilines is 2. The molecule has 0 aliphatic rings. The molecule has 0 aliphatic carbocycles. The predicted octanol–water partition coefficient (Wildman–Crippen LogP) is 1.95. The monoisotopic (exact) mass is 148 g/mol. The number of nitrogen functional groups attached to an aromatic ring is 1. The normalized spacial score (nSPS) is 9.18. The summed E-state index contributed by atoms with van der Waals surface area (Å²) in [5.74, 6) is 0. The zero-order chi connectivity index (χ0) is 8.27. The third-order valence-corrected chi connectivity index (χ3v) is 1.58. The average molecular weight is 148 g/mol. The van der Waals surface area contributed by atoms with Crippen LogP contribution in [0.15, 0.2) is 24.8 Å². The van der Waals surface area contributed by atoms with E-state index in [4.69, 9.17) is 5.73 Å². The summed E-state index contributed by atoms with van der Waals surface area (Å²) in [4.78, 5) is 0. The van der Waals surface area contributed by atoms with Crippen molar-refractivity contribution in [3.63, 3.8) is 0 Å². The van der Waals surface area contributed by atoms with Crippen LogP contribution in [0.5, 0.6) is 0 Å². The molecule has 0 unspecified atom stereocenters. The van der Waals surface area contributed by atoms with E-state index < -0.39 is 0 Å². The lowest BCUT2D eigenvalue weighted by Crippen LogP contribution is -1.95. The second-order valence-electron chi connectivity index (χ2n) is 2.30. The fourth-order valence-corrected chi connectivity index (χ4v) is 0.917. The van der Waals surface area contributed by atoms with Gasteiger partial charge in [0.1, 0.15) is 0 Å². The lowest BCUT2D eigenvalue weighted by molar-refractivity contribution is 1.50. The molecule has 3 N–H and O–H groups in total. The minimum Gasteiger partial charge on any atom is -0.397 e. The molecule has 0 radical (unpaired) electrons. The molecule has 0 aromatic heterocycles. The van der Waals surface area contributed by atoms with E-state index in [9.17, 15) is 0 Å². The van der Waals surface area contributed by atoms with Crippen LogP contribution in [0.1, 0.15) is 5.56 Å². The molecule has 0 heterocycles. The second kappa shape index (κ2) is 3.10. The van der Waals surface area contributed by atoms with E-state index in [-0.39, 0.29) is 0 Å². The van der Waals surface area contributed by atoms with Gasteiger partial charge in [0.15, 0.2) is 0 Å². The summed E-state index contributed by atoms with van der Waals surface area (Å²) in [5.41, 5.74) is 8.44. The van der Waals surface area contributed by atoms with Gasteiger partial charge in [-0.2, -0.15) is 0 Å². The maximum Gasteiger partial charge on any atom is 0.0577 e. The highest BCUT2D eigenvalue weighted by Gasteiger charge is 1.94. The van der Waals surface area contributed by atoms with Gasteiger partial charge in [0, 0.05) is 7.05 Å². The third kappa shape index (κ3) is 1.52. The summed E-state index contributed by atoms with van der Waals surface area (Å²) in [6.07, 6.45) is 1.79. The molecular weight excluding hydrogens is 136 g/mol. The first-order valence-electron chi connectivity index (χ1n) is 3.47. The Kier molecular flexibility index (Phi) is 2.16. The van der Waals surface area contributed by atoms with Crippen molar-refractivity contribution in [2.75, 3.05) is 18.1 Å². The number of rotatable bonds is 2. The van der Waals surface area contributed by atoms with Gasteiger partial charge in [0.2, 0.25) is 0 Å². The van der Waals surface area contributed by atoms with Crippen LogP contribution in [0, 0.1) is 0 Å². The van der Waals surface area contributed by atoms with Crippen molar-refractivity contribution < 1.29 is 0 Å². The quantitative estimate of drug-likeness (QED) is 0.629. The van der Waals surface area contributed by atoms with Crippen molar-refractivity contribution in [1.82, 2.24) is 0 Å². The smallest absolute Gasteiger partial charge is 0.0577 e. The number of benzene rings is 1. The van der Waals surface area contributed by atoms with E-state index in [2.05, 4.69) is 11.9 Å². The molecule has 0 saturated heterocycles. The molecule has 1 aromatic carbocycles. The van der Waals surface area contributed by atoms with E-state index in [1.54, 1.807) is 6.08 Å². The molecule has 1 aromatic rings. The Hall–Kier alpha value is -1.44. The maximum absolute atomic E-state index is 5.66. The van der Waals surface area contributed by atoms with Crippen LogP contribution in [0.4, 0.5) is 11.4 Å².